The average Bonchev–Trinajstić information content (AvgIpc) is 2.93. The molecule has 0 amide bonds. The summed E-state index contributed by atoms with van der Waals surface area (Å²) in [6.45, 7) is 8.66. The summed E-state index contributed by atoms with van der Waals surface area (Å²) >= 11 is 5.75. The molecule has 1 aromatic carbocycles. The van der Waals surface area contributed by atoms with E-state index in [2.05, 4.69) is 63.8 Å². The topological polar surface area (TPSA) is 74.8 Å². The van der Waals surface area contributed by atoms with Crippen molar-refractivity contribution in [3.05, 3.63) is 42.0 Å². The number of nitrogens with one attached hydrogen (secondary N) is 2. The zero-order chi connectivity index (χ0) is 24.8. The van der Waals surface area contributed by atoms with Gasteiger partial charge in [-0.05, 0) is 56.8 Å². The molecule has 194 valence electrons. The van der Waals surface area contributed by atoms with Gasteiger partial charge in [0.1, 0.15) is 11.6 Å². The number of morpholine rings is 1. The molecule has 3 aliphatic rings. The molecule has 0 saturated carbocycles. The number of ether oxygens (including phenoxy) is 2. The molecule has 0 bridgehead atoms. The van der Waals surface area contributed by atoms with E-state index < -0.39 is 0 Å². The quantitative estimate of drug-likeness (QED) is 0.566. The first-order valence-corrected chi connectivity index (χ1v) is 13.7. The molecule has 0 aliphatic carbocycles. The minimum atomic E-state index is -0.00382. The van der Waals surface area contributed by atoms with Crippen LogP contribution in [0.25, 0.3) is 0 Å². The first-order chi connectivity index (χ1) is 17.6. The van der Waals surface area contributed by atoms with Gasteiger partial charge in [0.05, 0.1) is 13.2 Å². The second kappa shape index (κ2) is 11.7. The molecule has 3 aliphatic heterocycles. The lowest BCUT2D eigenvalue weighted by atomic mass is 9.74. The van der Waals surface area contributed by atoms with Crippen molar-refractivity contribution in [3.8, 4) is 0 Å². The fourth-order valence-corrected chi connectivity index (χ4v) is 5.70. The van der Waals surface area contributed by atoms with E-state index in [1.165, 1.54) is 24.8 Å². The predicted molar refractivity (Wildman–Crippen MR) is 148 cm³/mol. The molecule has 0 spiro atoms. The number of nitrogens with zero attached hydrogens (tertiary/aromatic N) is 4. The first-order valence-electron chi connectivity index (χ1n) is 13.3. The third kappa shape index (κ3) is 5.90. The summed E-state index contributed by atoms with van der Waals surface area (Å²) in [5.41, 5.74) is 1.33. The van der Waals surface area contributed by atoms with E-state index in [0.29, 0.717) is 30.3 Å². The third-order valence-electron chi connectivity index (χ3n) is 7.78. The van der Waals surface area contributed by atoms with E-state index in [9.17, 15) is 0 Å². The van der Waals surface area contributed by atoms with Gasteiger partial charge in [-0.2, -0.15) is 9.97 Å². The molecule has 5 rings (SSSR count). The molecule has 0 radical (unpaired) electrons. The van der Waals surface area contributed by atoms with Gasteiger partial charge in [0.25, 0.3) is 0 Å². The Hall–Kier alpha value is -2.49. The Balaban J connectivity index is 1.33. The van der Waals surface area contributed by atoms with Crippen LogP contribution in [0.1, 0.15) is 44.6 Å². The van der Waals surface area contributed by atoms with Gasteiger partial charge in [-0.15, -0.1) is 0 Å². The molecule has 9 heteroatoms. The van der Waals surface area contributed by atoms with Gasteiger partial charge in [0.2, 0.25) is 5.95 Å². The fraction of sp³-hybridized carbons (Fsp3) is 0.593. The Kier molecular flexibility index (Phi) is 8.19. The number of thiocarbonyl (C=S) groups is 1. The molecule has 8 nitrogen and oxygen atoms in total. The third-order valence-corrected chi connectivity index (χ3v) is 8.03. The Morgan fingerprint density at radius 2 is 1.72 bits per heavy atom. The Morgan fingerprint density at radius 1 is 1.00 bits per heavy atom. The number of piperidine rings is 1. The second-order valence-corrected chi connectivity index (χ2v) is 10.5. The molecule has 4 heterocycles. The van der Waals surface area contributed by atoms with E-state index in [0.717, 1.165) is 63.9 Å². The highest BCUT2D eigenvalue weighted by Gasteiger charge is 2.34. The van der Waals surface area contributed by atoms with Crippen molar-refractivity contribution in [1.29, 1.82) is 0 Å². The molecular weight excluding hydrogens is 472 g/mol. The van der Waals surface area contributed by atoms with Gasteiger partial charge in [0.15, 0.2) is 5.11 Å². The number of hydrogen-bond donors (Lipinski definition) is 2. The lowest BCUT2D eigenvalue weighted by Gasteiger charge is -2.38. The number of aromatic nitrogens is 2. The maximum Gasteiger partial charge on any atom is 0.232 e. The van der Waals surface area contributed by atoms with E-state index in [-0.39, 0.29) is 5.41 Å². The van der Waals surface area contributed by atoms with Crippen LogP contribution in [0.5, 0.6) is 0 Å². The van der Waals surface area contributed by atoms with Crippen LogP contribution < -0.4 is 20.4 Å². The van der Waals surface area contributed by atoms with Gasteiger partial charge < -0.3 is 29.9 Å². The zero-order valence-electron chi connectivity index (χ0n) is 21.2. The number of benzene rings is 1. The summed E-state index contributed by atoms with van der Waals surface area (Å²) in [4.78, 5) is 14.5. The van der Waals surface area contributed by atoms with Gasteiger partial charge in [0, 0.05) is 56.9 Å². The molecule has 1 aromatic heterocycles. The SMILES string of the molecule is C[C@@H]1CCCCN1c1cc(N2CCOCC2)nc(NC(=S)NCC2(c3ccccc3)CCOCC2)n1. The van der Waals surface area contributed by atoms with Gasteiger partial charge >= 0.3 is 0 Å². The van der Waals surface area contributed by atoms with Crippen LogP contribution in [0.15, 0.2) is 36.4 Å². The van der Waals surface area contributed by atoms with Gasteiger partial charge in [-0.1, -0.05) is 30.3 Å². The van der Waals surface area contributed by atoms with Crippen molar-refractivity contribution in [2.75, 3.05) is 67.7 Å². The summed E-state index contributed by atoms with van der Waals surface area (Å²) in [6, 6.07) is 13.3. The normalized spacial score (nSPS) is 22.2. The summed E-state index contributed by atoms with van der Waals surface area (Å²) in [6.07, 6.45) is 5.58. The Morgan fingerprint density at radius 3 is 2.47 bits per heavy atom. The lowest BCUT2D eigenvalue weighted by molar-refractivity contribution is 0.0515. The molecule has 3 fully saturated rings. The van der Waals surface area contributed by atoms with Crippen molar-refractivity contribution < 1.29 is 9.47 Å². The van der Waals surface area contributed by atoms with Crippen LogP contribution in [-0.4, -0.2) is 73.7 Å². The maximum atomic E-state index is 5.75. The van der Waals surface area contributed by atoms with Crippen LogP contribution in [0.4, 0.5) is 17.6 Å². The highest BCUT2D eigenvalue weighted by Crippen LogP contribution is 2.34. The molecule has 36 heavy (non-hydrogen) atoms. The molecule has 1 atom stereocenters. The summed E-state index contributed by atoms with van der Waals surface area (Å²) < 4.78 is 11.2. The average molecular weight is 511 g/mol. The number of rotatable bonds is 6. The molecule has 2 aromatic rings. The maximum absolute atomic E-state index is 5.75. The Bertz CT molecular complexity index is 1010. The summed E-state index contributed by atoms with van der Waals surface area (Å²) in [5, 5.41) is 7.34. The van der Waals surface area contributed by atoms with Gasteiger partial charge in [-0.25, -0.2) is 0 Å². The van der Waals surface area contributed by atoms with Gasteiger partial charge in [-0.3, -0.25) is 0 Å². The van der Waals surface area contributed by atoms with E-state index >= 15 is 0 Å². The zero-order valence-corrected chi connectivity index (χ0v) is 22.1. The van der Waals surface area contributed by atoms with Crippen molar-refractivity contribution in [2.24, 2.45) is 0 Å². The molecular formula is C27H38N6O2S. The smallest absolute Gasteiger partial charge is 0.232 e. The van der Waals surface area contributed by atoms with Crippen LogP contribution >= 0.6 is 12.2 Å². The predicted octanol–water partition coefficient (Wildman–Crippen LogP) is 3.73. The largest absolute Gasteiger partial charge is 0.381 e. The van der Waals surface area contributed by atoms with Crippen molar-refractivity contribution in [1.82, 2.24) is 15.3 Å². The van der Waals surface area contributed by atoms with E-state index in [4.69, 9.17) is 31.7 Å². The number of hydrogen-bond acceptors (Lipinski definition) is 7. The standard InChI is InChI=1S/C27H38N6O2S/c1-21-7-5-6-12-33(21)24-19-23(32-13-17-35-18-14-32)29-25(30-24)31-26(36)28-20-27(10-15-34-16-11-27)22-8-3-2-4-9-22/h2-4,8-9,19,21H,5-7,10-18,20H2,1H3,(H2,28,29,30,31,36)/t21-/m1/s1. The first kappa shape index (κ1) is 25.2. The van der Waals surface area contributed by atoms with Crippen molar-refractivity contribution in [2.45, 2.75) is 50.5 Å². The van der Waals surface area contributed by atoms with Crippen LogP contribution in [0, 0.1) is 0 Å². The van der Waals surface area contributed by atoms with Crippen LogP contribution in [-0.2, 0) is 14.9 Å². The van der Waals surface area contributed by atoms with Crippen LogP contribution in [0.3, 0.4) is 0 Å². The minimum Gasteiger partial charge on any atom is -0.381 e. The molecule has 0 unspecified atom stereocenters. The minimum absolute atomic E-state index is 0.00382. The fourth-order valence-electron chi connectivity index (χ4n) is 5.53. The van der Waals surface area contributed by atoms with Crippen LogP contribution in [0.2, 0.25) is 0 Å². The molecule has 3 saturated heterocycles. The second-order valence-electron chi connectivity index (χ2n) is 10.1. The van der Waals surface area contributed by atoms with Crippen molar-refractivity contribution in [3.63, 3.8) is 0 Å². The van der Waals surface area contributed by atoms with Crippen molar-refractivity contribution >= 4 is 34.9 Å². The lowest BCUT2D eigenvalue weighted by Crippen LogP contribution is -2.45. The summed E-state index contributed by atoms with van der Waals surface area (Å²) in [7, 11) is 0. The van der Waals surface area contributed by atoms with E-state index in [1.807, 2.05) is 0 Å². The number of anilines is 3. The highest BCUT2D eigenvalue weighted by molar-refractivity contribution is 7.80. The molecule has 2 N–H and O–H groups in total. The highest BCUT2D eigenvalue weighted by atomic mass is 32.1. The monoisotopic (exact) mass is 510 g/mol. The Labute approximate surface area is 219 Å². The van der Waals surface area contributed by atoms with E-state index in [1.54, 1.807) is 0 Å². The summed E-state index contributed by atoms with van der Waals surface area (Å²) in [5.74, 6) is 2.44.